The zero-order valence-corrected chi connectivity index (χ0v) is 20.1. The highest BCUT2D eigenvalue weighted by Gasteiger charge is 2.26. The van der Waals surface area contributed by atoms with E-state index in [9.17, 15) is 9.59 Å². The minimum absolute atomic E-state index is 0.124. The third-order valence-corrected chi connectivity index (χ3v) is 6.86. The van der Waals surface area contributed by atoms with Crippen LogP contribution in [0.4, 0.5) is 0 Å². The number of ether oxygens (including phenoxy) is 1. The Morgan fingerprint density at radius 3 is 2.63 bits per heavy atom. The molecule has 5 heteroatoms. The Hall–Kier alpha value is -1.23. The van der Waals surface area contributed by atoms with Crippen molar-refractivity contribution in [2.75, 3.05) is 5.75 Å². The summed E-state index contributed by atoms with van der Waals surface area (Å²) >= 11 is 1.80. The van der Waals surface area contributed by atoms with Crippen LogP contribution in [0, 0.1) is 11.8 Å². The number of esters is 1. The fourth-order valence-corrected chi connectivity index (χ4v) is 4.97. The second-order valence-corrected chi connectivity index (χ2v) is 9.60. The summed E-state index contributed by atoms with van der Waals surface area (Å²) in [4.78, 5) is 23.9. The van der Waals surface area contributed by atoms with E-state index in [2.05, 4.69) is 26.0 Å². The van der Waals surface area contributed by atoms with Gasteiger partial charge < -0.3 is 9.84 Å². The van der Waals surface area contributed by atoms with Gasteiger partial charge >= 0.3 is 11.9 Å². The topological polar surface area (TPSA) is 63.6 Å². The Morgan fingerprint density at radius 2 is 1.93 bits per heavy atom. The molecule has 172 valence electrons. The van der Waals surface area contributed by atoms with Gasteiger partial charge in [-0.15, -0.1) is 11.8 Å². The molecule has 0 aromatic rings. The van der Waals surface area contributed by atoms with Crippen molar-refractivity contribution in [3.63, 3.8) is 0 Å². The van der Waals surface area contributed by atoms with Gasteiger partial charge in [-0.1, -0.05) is 58.6 Å². The van der Waals surface area contributed by atoms with E-state index in [1.54, 1.807) is 11.8 Å². The summed E-state index contributed by atoms with van der Waals surface area (Å²) in [5.74, 6) is 2.10. The first-order valence-corrected chi connectivity index (χ1v) is 12.9. The van der Waals surface area contributed by atoms with Crippen molar-refractivity contribution in [3.05, 3.63) is 22.8 Å². The molecule has 1 aliphatic carbocycles. The van der Waals surface area contributed by atoms with E-state index >= 15 is 0 Å². The van der Waals surface area contributed by atoms with E-state index in [1.807, 2.05) is 6.92 Å². The molecule has 0 saturated heterocycles. The van der Waals surface area contributed by atoms with E-state index in [-0.39, 0.29) is 12.4 Å². The monoisotopic (exact) mass is 438 g/mol. The van der Waals surface area contributed by atoms with E-state index in [4.69, 9.17) is 9.84 Å². The highest BCUT2D eigenvalue weighted by atomic mass is 32.2. The second-order valence-electron chi connectivity index (χ2n) is 8.46. The maximum absolute atomic E-state index is 12.0. The van der Waals surface area contributed by atoms with Crippen LogP contribution in [0.25, 0.3) is 0 Å². The average Bonchev–Trinajstić information content (AvgIpc) is 3.07. The van der Waals surface area contributed by atoms with Crippen molar-refractivity contribution in [1.29, 1.82) is 0 Å². The molecule has 1 N–H and O–H groups in total. The fourth-order valence-electron chi connectivity index (χ4n) is 3.69. The second kappa shape index (κ2) is 16.5. The molecule has 0 amide bonds. The van der Waals surface area contributed by atoms with Gasteiger partial charge in [0.2, 0.25) is 0 Å². The van der Waals surface area contributed by atoms with Crippen molar-refractivity contribution in [1.82, 2.24) is 0 Å². The first kappa shape index (κ1) is 26.8. The standard InChI is InChI=1S/C25H42O4S/c1-4-6-13-20(3)14-9-10-15-21-17-18-22(29-24(28)12-5-2)25(21)30-19-11-7-8-16-23(26)27/h10,15,20-21H,4-9,11-14,16-19H2,1-3H3,(H,26,27)/b15-10+. The third-order valence-electron chi connectivity index (χ3n) is 5.52. The minimum atomic E-state index is -0.722. The number of allylic oxidation sites excluding steroid dienone is 4. The Balaban J connectivity index is 2.57. The molecule has 4 nitrogen and oxygen atoms in total. The van der Waals surface area contributed by atoms with Crippen LogP contribution in [0.3, 0.4) is 0 Å². The van der Waals surface area contributed by atoms with Crippen molar-refractivity contribution in [3.8, 4) is 0 Å². The molecule has 0 aromatic heterocycles. The molecular formula is C25H42O4S. The van der Waals surface area contributed by atoms with Crippen LogP contribution in [0.2, 0.25) is 0 Å². The van der Waals surface area contributed by atoms with Crippen LogP contribution in [-0.2, 0) is 14.3 Å². The largest absolute Gasteiger partial charge is 0.481 e. The zero-order valence-electron chi connectivity index (χ0n) is 19.3. The van der Waals surface area contributed by atoms with Gasteiger partial charge in [0.05, 0.1) is 0 Å². The molecule has 0 bridgehead atoms. The number of hydrogen-bond donors (Lipinski definition) is 1. The van der Waals surface area contributed by atoms with Crippen LogP contribution in [0.15, 0.2) is 22.8 Å². The SMILES string of the molecule is CCCCC(C)CC/C=C/C1CCC(OC(=O)CCC)=C1SCCCCCC(=O)O. The predicted molar refractivity (Wildman–Crippen MR) is 126 cm³/mol. The van der Waals surface area contributed by atoms with Gasteiger partial charge in [0.15, 0.2) is 0 Å². The molecule has 2 atom stereocenters. The lowest BCUT2D eigenvalue weighted by molar-refractivity contribution is -0.140. The Bertz CT molecular complexity index is 567. The number of carboxylic acid groups (broad SMARTS) is 1. The highest BCUT2D eigenvalue weighted by Crippen LogP contribution is 2.41. The zero-order chi connectivity index (χ0) is 22.2. The number of hydrogen-bond acceptors (Lipinski definition) is 4. The Labute approximate surface area is 187 Å². The number of aliphatic carboxylic acids is 1. The number of unbranched alkanes of at least 4 members (excludes halogenated alkanes) is 3. The summed E-state index contributed by atoms with van der Waals surface area (Å²) < 4.78 is 5.70. The van der Waals surface area contributed by atoms with Gasteiger partial charge in [-0.05, 0) is 50.2 Å². The first-order chi connectivity index (χ1) is 14.5. The van der Waals surface area contributed by atoms with Gasteiger partial charge in [-0.25, -0.2) is 0 Å². The Morgan fingerprint density at radius 1 is 1.13 bits per heavy atom. The van der Waals surface area contributed by atoms with E-state index < -0.39 is 5.97 Å². The molecule has 1 aliphatic rings. The maximum Gasteiger partial charge on any atom is 0.310 e. The number of thioether (sulfide) groups is 1. The Kier molecular flexibility index (Phi) is 14.7. The van der Waals surface area contributed by atoms with Gasteiger partial charge in [-0.2, -0.15) is 0 Å². The fraction of sp³-hybridized carbons (Fsp3) is 0.760. The van der Waals surface area contributed by atoms with E-state index in [0.717, 1.165) is 62.4 Å². The highest BCUT2D eigenvalue weighted by molar-refractivity contribution is 8.03. The summed E-state index contributed by atoms with van der Waals surface area (Å²) in [6.07, 6.45) is 16.9. The summed E-state index contributed by atoms with van der Waals surface area (Å²) in [7, 11) is 0. The minimum Gasteiger partial charge on any atom is -0.481 e. The van der Waals surface area contributed by atoms with Gasteiger partial charge in [0.25, 0.3) is 0 Å². The quantitative estimate of drug-likeness (QED) is 0.145. The molecule has 0 aromatic carbocycles. The summed E-state index contributed by atoms with van der Waals surface area (Å²) in [5, 5.41) is 8.75. The van der Waals surface area contributed by atoms with Crippen LogP contribution in [0.1, 0.15) is 104 Å². The normalized spacial score (nSPS) is 17.6. The summed E-state index contributed by atoms with van der Waals surface area (Å²) in [6, 6.07) is 0. The molecule has 1 rings (SSSR count). The summed E-state index contributed by atoms with van der Waals surface area (Å²) in [5.41, 5.74) is 0. The van der Waals surface area contributed by atoms with Gasteiger partial charge in [0.1, 0.15) is 5.76 Å². The lowest BCUT2D eigenvalue weighted by atomic mass is 9.98. The predicted octanol–water partition coefficient (Wildman–Crippen LogP) is 7.49. The lowest BCUT2D eigenvalue weighted by Gasteiger charge is -2.13. The number of rotatable bonds is 17. The van der Waals surface area contributed by atoms with Crippen LogP contribution in [-0.4, -0.2) is 22.8 Å². The van der Waals surface area contributed by atoms with E-state index in [1.165, 1.54) is 30.6 Å². The molecule has 30 heavy (non-hydrogen) atoms. The lowest BCUT2D eigenvalue weighted by Crippen LogP contribution is -2.04. The molecule has 0 radical (unpaired) electrons. The number of carbonyl (C=O) groups is 2. The molecule has 0 aliphatic heterocycles. The van der Waals surface area contributed by atoms with Crippen molar-refractivity contribution in [2.45, 2.75) is 104 Å². The molecule has 2 unspecified atom stereocenters. The average molecular weight is 439 g/mol. The van der Waals surface area contributed by atoms with Gasteiger partial charge in [0, 0.05) is 30.1 Å². The smallest absolute Gasteiger partial charge is 0.310 e. The molecule has 0 spiro atoms. The third kappa shape index (κ3) is 11.8. The molecular weight excluding hydrogens is 396 g/mol. The molecule has 0 fully saturated rings. The van der Waals surface area contributed by atoms with E-state index in [0.29, 0.717) is 12.3 Å². The first-order valence-electron chi connectivity index (χ1n) is 11.9. The molecule has 0 saturated carbocycles. The maximum atomic E-state index is 12.0. The van der Waals surface area contributed by atoms with Gasteiger partial charge in [-0.3, -0.25) is 9.59 Å². The summed E-state index contributed by atoms with van der Waals surface area (Å²) in [6.45, 7) is 6.58. The number of carboxylic acids is 1. The van der Waals surface area contributed by atoms with Crippen molar-refractivity contribution >= 4 is 23.7 Å². The molecule has 0 heterocycles. The number of carbonyl (C=O) groups excluding carboxylic acids is 1. The van der Waals surface area contributed by atoms with Crippen molar-refractivity contribution in [2.24, 2.45) is 11.8 Å². The van der Waals surface area contributed by atoms with Crippen LogP contribution >= 0.6 is 11.8 Å². The van der Waals surface area contributed by atoms with Crippen LogP contribution < -0.4 is 0 Å². The van der Waals surface area contributed by atoms with Crippen LogP contribution in [0.5, 0.6) is 0 Å². The van der Waals surface area contributed by atoms with Crippen molar-refractivity contribution < 1.29 is 19.4 Å².